The Balaban J connectivity index is -0.000000535. The van der Waals surface area contributed by atoms with Gasteiger partial charge >= 0.3 is 0 Å². The second-order valence-corrected chi connectivity index (χ2v) is 10.5. The highest BCUT2D eigenvalue weighted by Gasteiger charge is 2.28. The Morgan fingerprint density at radius 1 is 1.07 bits per heavy atom. The van der Waals surface area contributed by atoms with E-state index in [1.807, 2.05) is 44.9 Å². The molecule has 5 nitrogen and oxygen atoms in total. The quantitative estimate of drug-likeness (QED) is 0.132. The number of nitrogens with one attached hydrogen (secondary N) is 1. The van der Waals surface area contributed by atoms with E-state index in [4.69, 9.17) is 4.74 Å². The first-order chi connectivity index (χ1) is 19.5. The van der Waals surface area contributed by atoms with Gasteiger partial charge in [0.15, 0.2) is 0 Å². The molecule has 1 aliphatic carbocycles. The van der Waals surface area contributed by atoms with Gasteiger partial charge in [-0.05, 0) is 89.9 Å². The van der Waals surface area contributed by atoms with Crippen molar-refractivity contribution in [2.24, 2.45) is 23.5 Å². The largest absolute Gasteiger partial charge is 0.385 e. The summed E-state index contributed by atoms with van der Waals surface area (Å²) in [6, 6.07) is 0. The summed E-state index contributed by atoms with van der Waals surface area (Å²) in [5.74, 6) is 1.58. The maximum Gasteiger partial charge on any atom is 0.209 e. The number of carbonyl (C=O) groups is 1. The molecule has 0 spiro atoms. The molecule has 40 heavy (non-hydrogen) atoms. The maximum absolute atomic E-state index is 13.7. The molecule has 1 amide bonds. The van der Waals surface area contributed by atoms with Crippen molar-refractivity contribution in [1.29, 1.82) is 0 Å². The van der Waals surface area contributed by atoms with Gasteiger partial charge in [-0.2, -0.15) is 0 Å². The topological polar surface area (TPSA) is 67.6 Å². The van der Waals surface area contributed by atoms with Crippen LogP contribution in [0, 0.1) is 17.8 Å². The number of rotatable bonds is 13. The van der Waals surface area contributed by atoms with Crippen LogP contribution in [0.25, 0.3) is 0 Å². The first kappa shape index (κ1) is 43.2. The summed E-state index contributed by atoms with van der Waals surface area (Å²) in [5, 5.41) is 3.21. The van der Waals surface area contributed by atoms with Crippen molar-refractivity contribution in [2.75, 3.05) is 47.4 Å². The molecule has 2 aliphatic rings. The normalized spacial score (nSPS) is 18.4. The fourth-order valence-corrected chi connectivity index (χ4v) is 5.44. The molecule has 2 atom stereocenters. The molecule has 1 heterocycles. The number of ether oxygens (including phenoxy) is 1. The first-order valence-corrected chi connectivity index (χ1v) is 16.4. The minimum Gasteiger partial charge on any atom is -0.385 e. The maximum atomic E-state index is 13.7. The Morgan fingerprint density at radius 2 is 1.73 bits per heavy atom. The van der Waals surface area contributed by atoms with Gasteiger partial charge in [0.1, 0.15) is 5.83 Å². The first-order valence-electron chi connectivity index (χ1n) is 16.4. The molecule has 3 N–H and O–H groups in total. The highest BCUT2D eigenvalue weighted by atomic mass is 19.1. The molecule has 2 rings (SSSR count). The van der Waals surface area contributed by atoms with Gasteiger partial charge in [-0.3, -0.25) is 4.79 Å². The van der Waals surface area contributed by atoms with Crippen LogP contribution in [0.5, 0.6) is 0 Å². The van der Waals surface area contributed by atoms with Gasteiger partial charge in [0, 0.05) is 26.8 Å². The molecule has 2 unspecified atom stereocenters. The van der Waals surface area contributed by atoms with Crippen LogP contribution in [-0.4, -0.2) is 58.8 Å². The van der Waals surface area contributed by atoms with Crippen molar-refractivity contribution in [1.82, 2.24) is 10.2 Å². The van der Waals surface area contributed by atoms with E-state index in [0.717, 1.165) is 56.9 Å². The Hall–Kier alpha value is -1.24. The zero-order chi connectivity index (χ0) is 31.0. The van der Waals surface area contributed by atoms with Gasteiger partial charge < -0.3 is 20.7 Å². The number of amides is 1. The molecular weight excluding hydrogens is 501 g/mol. The monoisotopic (exact) mass is 572 g/mol. The number of piperidine rings is 1. The van der Waals surface area contributed by atoms with Crippen LogP contribution in [0.2, 0.25) is 0 Å². The van der Waals surface area contributed by atoms with E-state index < -0.39 is 0 Å². The number of hydrogen-bond acceptors (Lipinski definition) is 4. The van der Waals surface area contributed by atoms with Crippen LogP contribution in [0.3, 0.4) is 0 Å². The highest BCUT2D eigenvalue weighted by molar-refractivity contribution is 5.47. The summed E-state index contributed by atoms with van der Waals surface area (Å²) in [4.78, 5) is 12.7. The Bertz CT molecular complexity index is 570. The zero-order valence-corrected chi connectivity index (χ0v) is 28.2. The minimum absolute atomic E-state index is 0.0943. The van der Waals surface area contributed by atoms with Gasteiger partial charge in [-0.15, -0.1) is 0 Å². The summed E-state index contributed by atoms with van der Waals surface area (Å²) in [6.45, 7) is 15.4. The van der Waals surface area contributed by atoms with Crippen molar-refractivity contribution in [3.63, 3.8) is 0 Å². The van der Waals surface area contributed by atoms with Crippen LogP contribution in [-0.2, 0) is 9.53 Å². The number of carbonyl (C=O) groups excluding carboxylic acids is 1. The number of hydrogen-bond donors (Lipinski definition) is 2. The van der Waals surface area contributed by atoms with Crippen molar-refractivity contribution in [2.45, 2.75) is 125 Å². The van der Waals surface area contributed by atoms with E-state index >= 15 is 0 Å². The molecule has 240 valence electrons. The summed E-state index contributed by atoms with van der Waals surface area (Å²) in [7, 11) is 5.27. The Kier molecular flexibility index (Phi) is 36.7. The second-order valence-electron chi connectivity index (χ2n) is 10.5. The number of likely N-dealkylation sites (tertiary alicyclic amines) is 1. The zero-order valence-electron chi connectivity index (χ0n) is 28.2. The number of methoxy groups -OCH3 is 1. The number of allylic oxidation sites excluding steroid dienone is 4. The molecular formula is C34H70FN3O2. The van der Waals surface area contributed by atoms with Gasteiger partial charge in [0.25, 0.3) is 0 Å². The lowest BCUT2D eigenvalue weighted by Crippen LogP contribution is -2.37. The Morgan fingerprint density at radius 3 is 2.17 bits per heavy atom. The number of unbranched alkanes of at least 4 members (excludes halogenated alkanes) is 2. The lowest BCUT2D eigenvalue weighted by Gasteiger charge is -2.35. The third-order valence-electron chi connectivity index (χ3n) is 7.51. The molecule has 0 bridgehead atoms. The molecule has 1 saturated heterocycles. The number of halogens is 1. The fraction of sp³-hybridized carbons (Fsp3) is 0.853. The van der Waals surface area contributed by atoms with Crippen LogP contribution in [0.4, 0.5) is 4.39 Å². The number of nitrogens with zero attached hydrogens (tertiary/aromatic N) is 1. The molecule has 1 aliphatic heterocycles. The second kappa shape index (κ2) is 34.0. The van der Waals surface area contributed by atoms with Crippen LogP contribution in [0.1, 0.15) is 125 Å². The smallest absolute Gasteiger partial charge is 0.209 e. The summed E-state index contributed by atoms with van der Waals surface area (Å²) in [5.41, 5.74) is 5.30. The lowest BCUT2D eigenvalue weighted by atomic mass is 9.79. The van der Waals surface area contributed by atoms with E-state index in [2.05, 4.69) is 24.9 Å². The van der Waals surface area contributed by atoms with Crippen molar-refractivity contribution in [3.05, 3.63) is 23.6 Å². The molecule has 0 aromatic carbocycles. The Labute approximate surface area is 250 Å². The lowest BCUT2D eigenvalue weighted by molar-refractivity contribution is -0.120. The van der Waals surface area contributed by atoms with Gasteiger partial charge in [-0.25, -0.2) is 4.39 Å². The summed E-state index contributed by atoms with van der Waals surface area (Å²) >= 11 is 0. The van der Waals surface area contributed by atoms with E-state index in [-0.39, 0.29) is 11.7 Å². The SMILES string of the molecule is C/C=C\C(=C(/C)F)C(CC)C1CCCN(C=O)C1.CC.CCCCOC.CN.CNCCCCC1CCCCC1. The standard InChI is InChI=1S/C15H24FNO.C11H23N.C5H12O.C2H6.CH5N/c1-4-7-15(12(3)16)14(5-2)13-8-6-9-17(10-13)11-18;1-12-10-6-5-9-11-7-3-2-4-8-11;1-3-4-5-6-2;2*1-2/h4,7,11,13-14H,5-6,8-10H2,1-3H3;11-12H,2-10H2,1H3;3-5H2,1-2H3;1-2H3;2H2,1H3/b7-4-,15-12-;;;;. The van der Waals surface area contributed by atoms with E-state index in [0.29, 0.717) is 5.92 Å². The minimum atomic E-state index is -0.0943. The molecule has 1 saturated carbocycles. The average Bonchev–Trinajstić information content (AvgIpc) is 3.01. The van der Waals surface area contributed by atoms with Gasteiger partial charge in [0.05, 0.1) is 0 Å². The van der Waals surface area contributed by atoms with Crippen molar-refractivity contribution in [3.8, 4) is 0 Å². The highest BCUT2D eigenvalue weighted by Crippen LogP contribution is 2.33. The third kappa shape index (κ3) is 23.5. The van der Waals surface area contributed by atoms with Crippen LogP contribution in [0.15, 0.2) is 23.6 Å². The van der Waals surface area contributed by atoms with Crippen molar-refractivity contribution < 1.29 is 13.9 Å². The molecule has 0 radical (unpaired) electrons. The van der Waals surface area contributed by atoms with Crippen molar-refractivity contribution >= 4 is 6.41 Å². The molecule has 2 fully saturated rings. The van der Waals surface area contributed by atoms with E-state index in [1.54, 1.807) is 7.11 Å². The van der Waals surface area contributed by atoms with Gasteiger partial charge in [0.2, 0.25) is 6.41 Å². The fourth-order valence-electron chi connectivity index (χ4n) is 5.44. The van der Waals surface area contributed by atoms with Crippen LogP contribution < -0.4 is 11.1 Å². The summed E-state index contributed by atoms with van der Waals surface area (Å²) in [6.07, 6.45) is 21.9. The molecule has 6 heteroatoms. The van der Waals surface area contributed by atoms with Gasteiger partial charge in [-0.1, -0.05) is 91.2 Å². The average molecular weight is 572 g/mol. The third-order valence-corrected chi connectivity index (χ3v) is 7.51. The van der Waals surface area contributed by atoms with E-state index in [1.165, 1.54) is 84.7 Å². The molecule has 0 aromatic rings. The predicted octanol–water partition coefficient (Wildman–Crippen LogP) is 8.69. The predicted molar refractivity (Wildman–Crippen MR) is 175 cm³/mol. The van der Waals surface area contributed by atoms with E-state index in [9.17, 15) is 9.18 Å². The van der Waals surface area contributed by atoms with Crippen LogP contribution >= 0.6 is 0 Å². The number of nitrogens with two attached hydrogens (primary N) is 1. The summed E-state index contributed by atoms with van der Waals surface area (Å²) < 4.78 is 18.5. The molecule has 0 aromatic heterocycles.